The zero-order valence-electron chi connectivity index (χ0n) is 13.5. The van der Waals surface area contributed by atoms with Gasteiger partial charge in [0.25, 0.3) is 0 Å². The minimum atomic E-state index is -0.512. The van der Waals surface area contributed by atoms with Crippen LogP contribution >= 0.6 is 11.3 Å². The molecule has 22 heavy (non-hydrogen) atoms. The Bertz CT molecular complexity index is 559. The number of thiophene rings is 1. The van der Waals surface area contributed by atoms with E-state index in [2.05, 4.69) is 5.32 Å². The molecule has 0 aliphatic heterocycles. The molecular weight excluding hydrogens is 302 g/mol. The van der Waals surface area contributed by atoms with E-state index in [0.717, 1.165) is 18.4 Å². The zero-order valence-corrected chi connectivity index (χ0v) is 14.3. The fourth-order valence-electron chi connectivity index (χ4n) is 2.49. The van der Waals surface area contributed by atoms with Crippen molar-refractivity contribution < 1.29 is 19.1 Å². The minimum absolute atomic E-state index is 0.00914. The van der Waals surface area contributed by atoms with Gasteiger partial charge < -0.3 is 14.8 Å². The summed E-state index contributed by atoms with van der Waals surface area (Å²) in [6.45, 7) is 7.67. The highest BCUT2D eigenvalue weighted by molar-refractivity contribution is 7.10. The van der Waals surface area contributed by atoms with Crippen molar-refractivity contribution in [2.45, 2.75) is 58.6 Å². The van der Waals surface area contributed by atoms with Crippen molar-refractivity contribution in [2.75, 3.05) is 6.61 Å². The van der Waals surface area contributed by atoms with Gasteiger partial charge in [0.2, 0.25) is 0 Å². The molecule has 122 valence electrons. The van der Waals surface area contributed by atoms with Crippen molar-refractivity contribution in [1.82, 2.24) is 5.32 Å². The van der Waals surface area contributed by atoms with Crippen LogP contribution < -0.4 is 5.32 Å². The number of nitrogens with one attached hydrogen (secondary N) is 1. The second kappa shape index (κ2) is 6.69. The molecule has 6 heteroatoms. The van der Waals surface area contributed by atoms with Crippen LogP contribution in [0.4, 0.5) is 4.79 Å². The summed E-state index contributed by atoms with van der Waals surface area (Å²) in [4.78, 5) is 25.1. The average Bonchev–Trinajstić information content (AvgIpc) is 2.79. The van der Waals surface area contributed by atoms with E-state index in [0.29, 0.717) is 18.6 Å². The fourth-order valence-corrected chi connectivity index (χ4v) is 3.56. The van der Waals surface area contributed by atoms with Gasteiger partial charge in [0.05, 0.1) is 12.2 Å². The monoisotopic (exact) mass is 325 g/mol. The molecule has 1 aliphatic carbocycles. The number of carbonyl (C=O) groups excluding carboxylic acids is 2. The van der Waals surface area contributed by atoms with E-state index >= 15 is 0 Å². The highest BCUT2D eigenvalue weighted by atomic mass is 32.1. The molecule has 0 saturated carbocycles. The summed E-state index contributed by atoms with van der Waals surface area (Å²) < 4.78 is 10.4. The Hall–Kier alpha value is -1.56. The second-order valence-corrected chi connectivity index (χ2v) is 7.32. The number of hydrogen-bond acceptors (Lipinski definition) is 5. The number of aryl methyl sites for hydroxylation is 1. The number of rotatable bonds is 3. The Morgan fingerprint density at radius 3 is 2.77 bits per heavy atom. The lowest BCUT2D eigenvalue weighted by Crippen LogP contribution is -2.41. The zero-order chi connectivity index (χ0) is 16.3. The molecule has 0 aromatic carbocycles. The van der Waals surface area contributed by atoms with Crippen molar-refractivity contribution >= 4 is 23.4 Å². The molecule has 1 aliphatic rings. The third kappa shape index (κ3) is 4.22. The first-order valence-electron chi connectivity index (χ1n) is 7.56. The van der Waals surface area contributed by atoms with Gasteiger partial charge in [-0.3, -0.25) is 0 Å². The normalized spacial score (nSPS) is 17.5. The standard InChI is InChI=1S/C16H23NO4S/c1-5-20-14(18)12-9-22-13-7-6-10(8-11(12)13)17-15(19)21-16(2,3)4/h9-10H,5-8H2,1-4H3,(H,17,19)/t10-/m0/s1. The van der Waals surface area contributed by atoms with Crippen molar-refractivity contribution in [3.63, 3.8) is 0 Å². The number of ether oxygens (including phenoxy) is 2. The lowest BCUT2D eigenvalue weighted by molar-refractivity contribution is 0.0500. The lowest BCUT2D eigenvalue weighted by atomic mass is 9.92. The van der Waals surface area contributed by atoms with E-state index in [1.165, 1.54) is 4.88 Å². The molecule has 1 amide bonds. The Morgan fingerprint density at radius 1 is 1.41 bits per heavy atom. The Kier molecular flexibility index (Phi) is 5.11. The van der Waals surface area contributed by atoms with E-state index < -0.39 is 11.7 Å². The van der Waals surface area contributed by atoms with Gasteiger partial charge in [0, 0.05) is 16.3 Å². The predicted molar refractivity (Wildman–Crippen MR) is 85.5 cm³/mol. The summed E-state index contributed by atoms with van der Waals surface area (Å²) >= 11 is 1.59. The molecule has 0 saturated heterocycles. The van der Waals surface area contributed by atoms with Crippen molar-refractivity contribution in [3.8, 4) is 0 Å². The SMILES string of the molecule is CCOC(=O)c1csc2c1C[C@@H](NC(=O)OC(C)(C)C)CC2. The van der Waals surface area contributed by atoms with Crippen LogP contribution in [0.3, 0.4) is 0 Å². The molecule has 0 spiro atoms. The number of esters is 1. The summed E-state index contributed by atoms with van der Waals surface area (Å²) in [6.07, 6.45) is 1.95. The van der Waals surface area contributed by atoms with Gasteiger partial charge in [-0.1, -0.05) is 0 Å². The Balaban J connectivity index is 2.03. The van der Waals surface area contributed by atoms with E-state index in [9.17, 15) is 9.59 Å². The fraction of sp³-hybridized carbons (Fsp3) is 0.625. The maximum absolute atomic E-state index is 12.0. The topological polar surface area (TPSA) is 64.6 Å². The third-order valence-electron chi connectivity index (χ3n) is 3.37. The van der Waals surface area contributed by atoms with Gasteiger partial charge >= 0.3 is 12.1 Å². The molecule has 1 aromatic rings. The molecule has 1 N–H and O–H groups in total. The summed E-state index contributed by atoms with van der Waals surface area (Å²) in [6, 6.07) is -0.00914. The average molecular weight is 325 g/mol. The van der Waals surface area contributed by atoms with E-state index in [4.69, 9.17) is 9.47 Å². The lowest BCUT2D eigenvalue weighted by Gasteiger charge is -2.26. The maximum atomic E-state index is 12.0. The first-order chi connectivity index (χ1) is 10.3. The molecule has 0 radical (unpaired) electrons. The van der Waals surface area contributed by atoms with Crippen LogP contribution in [-0.4, -0.2) is 30.3 Å². The summed E-state index contributed by atoms with van der Waals surface area (Å²) in [5.74, 6) is -0.280. The van der Waals surface area contributed by atoms with Crippen LogP contribution in [0.1, 0.15) is 54.9 Å². The molecule has 2 rings (SSSR count). The number of carbonyl (C=O) groups is 2. The van der Waals surface area contributed by atoms with Gasteiger partial charge in [-0.15, -0.1) is 11.3 Å². The summed E-state index contributed by atoms with van der Waals surface area (Å²) in [7, 11) is 0. The van der Waals surface area contributed by atoms with Crippen LogP contribution in [0.5, 0.6) is 0 Å². The van der Waals surface area contributed by atoms with Crippen LogP contribution in [0.2, 0.25) is 0 Å². The highest BCUT2D eigenvalue weighted by Gasteiger charge is 2.28. The maximum Gasteiger partial charge on any atom is 0.407 e. The van der Waals surface area contributed by atoms with Crippen LogP contribution in [0.15, 0.2) is 5.38 Å². The number of fused-ring (bicyclic) bond motifs is 1. The summed E-state index contributed by atoms with van der Waals surface area (Å²) in [5, 5.41) is 4.76. The quantitative estimate of drug-likeness (QED) is 0.866. The molecular formula is C16H23NO4S. The van der Waals surface area contributed by atoms with Crippen LogP contribution in [0, 0.1) is 0 Å². The smallest absolute Gasteiger partial charge is 0.407 e. The van der Waals surface area contributed by atoms with E-state index in [1.807, 2.05) is 26.2 Å². The van der Waals surface area contributed by atoms with Gasteiger partial charge in [-0.2, -0.15) is 0 Å². The molecule has 1 atom stereocenters. The molecule has 1 heterocycles. The van der Waals surface area contributed by atoms with Crippen LogP contribution in [0.25, 0.3) is 0 Å². The van der Waals surface area contributed by atoms with Gasteiger partial charge in [0.1, 0.15) is 5.60 Å². The van der Waals surface area contributed by atoms with Gasteiger partial charge in [-0.25, -0.2) is 9.59 Å². The Labute approximate surface area is 135 Å². The molecule has 0 fully saturated rings. The minimum Gasteiger partial charge on any atom is -0.462 e. The summed E-state index contributed by atoms with van der Waals surface area (Å²) in [5.41, 5.74) is 1.14. The first kappa shape index (κ1) is 16.8. The van der Waals surface area contributed by atoms with Gasteiger partial charge in [0.15, 0.2) is 0 Å². The third-order valence-corrected chi connectivity index (χ3v) is 4.46. The molecule has 0 bridgehead atoms. The predicted octanol–water partition coefficient (Wildman–Crippen LogP) is 3.31. The molecule has 0 unspecified atom stereocenters. The molecule has 1 aromatic heterocycles. The number of alkyl carbamates (subject to hydrolysis) is 1. The van der Waals surface area contributed by atoms with Gasteiger partial charge in [-0.05, 0) is 52.5 Å². The second-order valence-electron chi connectivity index (χ2n) is 6.36. The van der Waals surface area contributed by atoms with Crippen molar-refractivity contribution in [1.29, 1.82) is 0 Å². The van der Waals surface area contributed by atoms with Crippen molar-refractivity contribution in [2.24, 2.45) is 0 Å². The van der Waals surface area contributed by atoms with E-state index in [1.54, 1.807) is 18.3 Å². The largest absolute Gasteiger partial charge is 0.462 e. The number of amides is 1. The first-order valence-corrected chi connectivity index (χ1v) is 8.44. The van der Waals surface area contributed by atoms with Crippen LogP contribution in [-0.2, 0) is 22.3 Å². The Morgan fingerprint density at radius 2 is 2.14 bits per heavy atom. The highest BCUT2D eigenvalue weighted by Crippen LogP contribution is 2.31. The molecule has 5 nitrogen and oxygen atoms in total. The van der Waals surface area contributed by atoms with E-state index in [-0.39, 0.29) is 12.0 Å². The number of hydrogen-bond donors (Lipinski definition) is 1. The van der Waals surface area contributed by atoms with Crippen molar-refractivity contribution in [3.05, 3.63) is 21.4 Å².